The van der Waals surface area contributed by atoms with Crippen molar-refractivity contribution in [3.05, 3.63) is 23.5 Å². The number of hydrogen-bond donors (Lipinski definition) is 1. The van der Waals surface area contributed by atoms with Crippen molar-refractivity contribution in [2.45, 2.75) is 45.6 Å². The third kappa shape index (κ3) is 3.65. The fourth-order valence-electron chi connectivity index (χ4n) is 2.95. The Labute approximate surface area is 130 Å². The van der Waals surface area contributed by atoms with Crippen LogP contribution in [0.3, 0.4) is 0 Å². The zero-order chi connectivity index (χ0) is 14.9. The highest BCUT2D eigenvalue weighted by atomic mass is 32.1. The summed E-state index contributed by atoms with van der Waals surface area (Å²) >= 11 is 1.69. The zero-order valence-electron chi connectivity index (χ0n) is 13.2. The fourth-order valence-corrected chi connectivity index (χ4v) is 3.67. The van der Waals surface area contributed by atoms with Crippen molar-refractivity contribution in [2.24, 2.45) is 5.41 Å². The Hall–Kier alpha value is -0.910. The van der Waals surface area contributed by atoms with Crippen molar-refractivity contribution in [1.82, 2.24) is 14.7 Å². The SMILES string of the molecule is CC(C)(C)NCC1(Cc2cn3ccsc3n2)CCCOC1. The Kier molecular flexibility index (Phi) is 4.08. The zero-order valence-corrected chi connectivity index (χ0v) is 14.0. The van der Waals surface area contributed by atoms with E-state index in [0.717, 1.165) is 37.6 Å². The average Bonchev–Trinajstić information content (AvgIpc) is 2.98. The smallest absolute Gasteiger partial charge is 0.193 e. The number of hydrogen-bond acceptors (Lipinski definition) is 4. The Morgan fingerprint density at radius 3 is 3.00 bits per heavy atom. The topological polar surface area (TPSA) is 38.6 Å². The van der Waals surface area contributed by atoms with E-state index < -0.39 is 0 Å². The van der Waals surface area contributed by atoms with Crippen molar-refractivity contribution in [3.63, 3.8) is 0 Å². The molecule has 116 valence electrons. The van der Waals surface area contributed by atoms with Gasteiger partial charge in [0.25, 0.3) is 0 Å². The van der Waals surface area contributed by atoms with Crippen LogP contribution in [0.2, 0.25) is 0 Å². The molecule has 2 aromatic heterocycles. The van der Waals surface area contributed by atoms with E-state index in [1.165, 1.54) is 12.1 Å². The standard InChI is InChI=1S/C16H25N3OS/c1-15(2,3)17-11-16(5-4-7-20-12-16)9-13-10-19-6-8-21-14(19)18-13/h6,8,10,17H,4-5,7,9,11-12H2,1-3H3. The molecule has 0 bridgehead atoms. The van der Waals surface area contributed by atoms with Crippen molar-refractivity contribution >= 4 is 16.3 Å². The molecule has 21 heavy (non-hydrogen) atoms. The van der Waals surface area contributed by atoms with E-state index in [-0.39, 0.29) is 11.0 Å². The van der Waals surface area contributed by atoms with Crippen LogP contribution in [0.15, 0.2) is 17.8 Å². The van der Waals surface area contributed by atoms with Gasteiger partial charge in [0.2, 0.25) is 0 Å². The molecule has 0 aromatic carbocycles. The molecule has 1 saturated heterocycles. The van der Waals surface area contributed by atoms with E-state index in [1.807, 2.05) is 0 Å². The highest BCUT2D eigenvalue weighted by Gasteiger charge is 2.34. The minimum Gasteiger partial charge on any atom is -0.381 e. The highest BCUT2D eigenvalue weighted by Crippen LogP contribution is 2.32. The number of fused-ring (bicyclic) bond motifs is 1. The van der Waals surface area contributed by atoms with Crippen LogP contribution in [0.4, 0.5) is 0 Å². The highest BCUT2D eigenvalue weighted by molar-refractivity contribution is 7.15. The molecule has 1 atom stereocenters. The fraction of sp³-hybridized carbons (Fsp3) is 0.688. The molecule has 0 radical (unpaired) electrons. The first kappa shape index (κ1) is 15.0. The lowest BCUT2D eigenvalue weighted by atomic mass is 9.78. The molecule has 3 heterocycles. The van der Waals surface area contributed by atoms with E-state index in [1.54, 1.807) is 11.3 Å². The molecule has 1 aliphatic rings. The van der Waals surface area contributed by atoms with Crippen LogP contribution in [0.1, 0.15) is 39.3 Å². The Morgan fingerprint density at radius 2 is 2.33 bits per heavy atom. The van der Waals surface area contributed by atoms with Crippen molar-refractivity contribution in [3.8, 4) is 0 Å². The molecule has 0 aliphatic carbocycles. The average molecular weight is 307 g/mol. The Balaban J connectivity index is 1.76. The van der Waals surface area contributed by atoms with Gasteiger partial charge < -0.3 is 10.1 Å². The van der Waals surface area contributed by atoms with Crippen LogP contribution >= 0.6 is 11.3 Å². The molecule has 1 N–H and O–H groups in total. The van der Waals surface area contributed by atoms with Gasteiger partial charge in [0.15, 0.2) is 4.96 Å². The van der Waals surface area contributed by atoms with Gasteiger partial charge in [-0.1, -0.05) is 0 Å². The van der Waals surface area contributed by atoms with Gasteiger partial charge in [0, 0.05) is 48.3 Å². The van der Waals surface area contributed by atoms with Gasteiger partial charge >= 0.3 is 0 Å². The van der Waals surface area contributed by atoms with Crippen LogP contribution in [0, 0.1) is 5.41 Å². The monoisotopic (exact) mass is 307 g/mol. The lowest BCUT2D eigenvalue weighted by Crippen LogP contribution is -2.48. The first-order valence-corrected chi connectivity index (χ1v) is 8.58. The molecule has 3 rings (SSSR count). The van der Waals surface area contributed by atoms with Gasteiger partial charge in [-0.3, -0.25) is 4.40 Å². The van der Waals surface area contributed by atoms with E-state index in [9.17, 15) is 0 Å². The molecule has 1 unspecified atom stereocenters. The molecule has 4 nitrogen and oxygen atoms in total. The normalized spacial score (nSPS) is 23.8. The maximum absolute atomic E-state index is 5.81. The molecule has 5 heteroatoms. The summed E-state index contributed by atoms with van der Waals surface area (Å²) in [6.45, 7) is 9.38. The molecule has 1 fully saturated rings. The second kappa shape index (κ2) is 5.71. The van der Waals surface area contributed by atoms with Crippen LogP contribution in [-0.2, 0) is 11.2 Å². The predicted molar refractivity (Wildman–Crippen MR) is 87.0 cm³/mol. The second-order valence-corrected chi connectivity index (χ2v) is 8.13. The molecule has 2 aromatic rings. The van der Waals surface area contributed by atoms with Crippen LogP contribution in [0.5, 0.6) is 0 Å². The predicted octanol–water partition coefficient (Wildman–Crippen LogP) is 3.12. The summed E-state index contributed by atoms with van der Waals surface area (Å²) in [7, 11) is 0. The molecule has 1 aliphatic heterocycles. The van der Waals surface area contributed by atoms with Gasteiger partial charge in [0.05, 0.1) is 12.3 Å². The van der Waals surface area contributed by atoms with Gasteiger partial charge in [-0.05, 0) is 33.6 Å². The number of thiazole rings is 1. The Bertz CT molecular complexity index is 561. The number of nitrogens with zero attached hydrogens (tertiary/aromatic N) is 2. The minimum atomic E-state index is 0.138. The van der Waals surface area contributed by atoms with E-state index in [0.29, 0.717) is 0 Å². The van der Waals surface area contributed by atoms with Crippen molar-refractivity contribution in [2.75, 3.05) is 19.8 Å². The summed E-state index contributed by atoms with van der Waals surface area (Å²) in [6, 6.07) is 0. The van der Waals surface area contributed by atoms with Crippen LogP contribution < -0.4 is 5.32 Å². The number of ether oxygens (including phenoxy) is 1. The van der Waals surface area contributed by atoms with Gasteiger partial charge in [-0.15, -0.1) is 11.3 Å². The van der Waals surface area contributed by atoms with E-state index in [4.69, 9.17) is 9.72 Å². The maximum atomic E-state index is 5.81. The van der Waals surface area contributed by atoms with Crippen LogP contribution in [-0.4, -0.2) is 34.7 Å². The summed E-state index contributed by atoms with van der Waals surface area (Å²) in [5.41, 5.74) is 1.50. The van der Waals surface area contributed by atoms with Crippen molar-refractivity contribution < 1.29 is 4.74 Å². The molecule has 0 amide bonds. The third-order valence-electron chi connectivity index (χ3n) is 4.10. The van der Waals surface area contributed by atoms with Crippen molar-refractivity contribution in [1.29, 1.82) is 0 Å². The second-order valence-electron chi connectivity index (χ2n) is 7.26. The lowest BCUT2D eigenvalue weighted by molar-refractivity contribution is -0.0104. The van der Waals surface area contributed by atoms with Gasteiger partial charge in [0.1, 0.15) is 0 Å². The quantitative estimate of drug-likeness (QED) is 0.943. The van der Waals surface area contributed by atoms with E-state index >= 15 is 0 Å². The summed E-state index contributed by atoms with van der Waals surface area (Å²) in [4.78, 5) is 5.84. The van der Waals surface area contributed by atoms with E-state index in [2.05, 4.69) is 48.3 Å². The summed E-state index contributed by atoms with van der Waals surface area (Å²) in [6.07, 6.45) is 7.59. The molecular formula is C16H25N3OS. The largest absolute Gasteiger partial charge is 0.381 e. The van der Waals surface area contributed by atoms with Gasteiger partial charge in [-0.2, -0.15) is 0 Å². The first-order valence-electron chi connectivity index (χ1n) is 7.70. The number of rotatable bonds is 4. The molecule has 0 saturated carbocycles. The molecular weight excluding hydrogens is 282 g/mol. The van der Waals surface area contributed by atoms with Gasteiger partial charge in [-0.25, -0.2) is 4.98 Å². The van der Waals surface area contributed by atoms with Crippen LogP contribution in [0.25, 0.3) is 4.96 Å². The minimum absolute atomic E-state index is 0.138. The summed E-state index contributed by atoms with van der Waals surface area (Å²) in [5, 5.41) is 5.74. The summed E-state index contributed by atoms with van der Waals surface area (Å²) in [5.74, 6) is 0. The first-order chi connectivity index (χ1) is 9.96. The number of nitrogens with one attached hydrogen (secondary N) is 1. The maximum Gasteiger partial charge on any atom is 0.193 e. The number of imidazole rings is 1. The third-order valence-corrected chi connectivity index (χ3v) is 4.87. The number of aromatic nitrogens is 2. The Morgan fingerprint density at radius 1 is 1.48 bits per heavy atom. The summed E-state index contributed by atoms with van der Waals surface area (Å²) < 4.78 is 7.93. The molecule has 0 spiro atoms. The lowest BCUT2D eigenvalue weighted by Gasteiger charge is -2.39.